The molecular weight excluding hydrogens is 354 g/mol. The Bertz CT molecular complexity index is 958. The van der Waals surface area contributed by atoms with Crippen LogP contribution in [0.3, 0.4) is 0 Å². The summed E-state index contributed by atoms with van der Waals surface area (Å²) < 4.78 is 7.51. The van der Waals surface area contributed by atoms with Gasteiger partial charge in [0.05, 0.1) is 24.2 Å². The third kappa shape index (κ3) is 3.29. The molecule has 2 saturated heterocycles. The highest BCUT2D eigenvalue weighted by Crippen LogP contribution is 2.24. The molecule has 5 rings (SSSR count). The minimum absolute atomic E-state index is 0.673. The maximum Gasteiger partial charge on any atom is 0.239 e. The quantitative estimate of drug-likeness (QED) is 0.682. The maximum absolute atomic E-state index is 5.52. The molecule has 2 aliphatic heterocycles. The van der Waals surface area contributed by atoms with Crippen LogP contribution in [0, 0.1) is 0 Å². The van der Waals surface area contributed by atoms with Gasteiger partial charge in [-0.05, 0) is 19.2 Å². The number of piperazine rings is 1. The minimum Gasteiger partial charge on any atom is -0.378 e. The van der Waals surface area contributed by atoms with Crippen LogP contribution in [0.4, 0.5) is 11.6 Å². The van der Waals surface area contributed by atoms with Crippen molar-refractivity contribution in [2.24, 2.45) is 0 Å². The van der Waals surface area contributed by atoms with Crippen molar-refractivity contribution in [2.45, 2.75) is 0 Å². The second-order valence-corrected chi connectivity index (χ2v) is 7.38. The first kappa shape index (κ1) is 17.4. The van der Waals surface area contributed by atoms with Crippen LogP contribution < -0.4 is 9.80 Å². The first-order chi connectivity index (χ1) is 13.8. The van der Waals surface area contributed by atoms with Gasteiger partial charge in [-0.2, -0.15) is 9.97 Å². The molecule has 0 atom stereocenters. The van der Waals surface area contributed by atoms with Crippen LogP contribution in [-0.4, -0.2) is 83.9 Å². The third-order valence-corrected chi connectivity index (χ3v) is 5.52. The molecule has 0 saturated carbocycles. The monoisotopic (exact) mass is 379 g/mol. The molecule has 28 heavy (non-hydrogen) atoms. The van der Waals surface area contributed by atoms with Crippen LogP contribution in [-0.2, 0) is 4.74 Å². The fourth-order valence-corrected chi connectivity index (χ4v) is 3.79. The zero-order valence-electron chi connectivity index (χ0n) is 16.2. The number of hydrogen-bond donors (Lipinski definition) is 0. The van der Waals surface area contributed by atoms with E-state index < -0.39 is 0 Å². The fourth-order valence-electron chi connectivity index (χ4n) is 3.79. The Balaban J connectivity index is 1.58. The largest absolute Gasteiger partial charge is 0.378 e. The van der Waals surface area contributed by atoms with Gasteiger partial charge in [0.1, 0.15) is 18.0 Å². The second kappa shape index (κ2) is 7.37. The van der Waals surface area contributed by atoms with Crippen LogP contribution in [0.1, 0.15) is 0 Å². The van der Waals surface area contributed by atoms with Gasteiger partial charge in [0.15, 0.2) is 0 Å². The van der Waals surface area contributed by atoms with Gasteiger partial charge in [0, 0.05) is 45.3 Å². The molecule has 0 bridgehead atoms. The summed E-state index contributed by atoms with van der Waals surface area (Å²) in [6.45, 7) is 7.20. The number of ether oxygens (including phenoxy) is 1. The average molecular weight is 379 g/mol. The van der Waals surface area contributed by atoms with Crippen molar-refractivity contribution in [2.75, 3.05) is 69.3 Å². The van der Waals surface area contributed by atoms with Crippen LogP contribution in [0.15, 0.2) is 36.7 Å². The van der Waals surface area contributed by atoms with Gasteiger partial charge in [-0.1, -0.05) is 12.1 Å². The molecular formula is C20H25N7O. The van der Waals surface area contributed by atoms with Crippen LogP contribution in [0.2, 0.25) is 0 Å². The van der Waals surface area contributed by atoms with Gasteiger partial charge in [-0.15, -0.1) is 0 Å². The molecule has 0 aliphatic carbocycles. The molecule has 4 heterocycles. The van der Waals surface area contributed by atoms with Gasteiger partial charge in [-0.3, -0.25) is 4.57 Å². The summed E-state index contributed by atoms with van der Waals surface area (Å²) in [7, 11) is 2.17. The van der Waals surface area contributed by atoms with E-state index in [1.807, 2.05) is 29.1 Å². The average Bonchev–Trinajstić information content (AvgIpc) is 3.19. The molecule has 0 unspecified atom stereocenters. The second-order valence-electron chi connectivity index (χ2n) is 7.38. The van der Waals surface area contributed by atoms with Crippen molar-refractivity contribution in [1.82, 2.24) is 24.4 Å². The standard InChI is InChI=1S/C20H25N7O/c1-24-6-8-25(9-7-24)18-14-19(26-10-12-28-13-11-26)23-20(22-18)27-15-21-16-4-2-3-5-17(16)27/h2-5,14-15H,6-13H2,1H3. The summed E-state index contributed by atoms with van der Waals surface area (Å²) in [6, 6.07) is 10.2. The predicted octanol–water partition coefficient (Wildman–Crippen LogP) is 1.40. The Morgan fingerprint density at radius 1 is 0.857 bits per heavy atom. The van der Waals surface area contributed by atoms with Crippen LogP contribution >= 0.6 is 0 Å². The lowest BCUT2D eigenvalue weighted by Gasteiger charge is -2.34. The molecule has 0 N–H and O–H groups in total. The van der Waals surface area contributed by atoms with E-state index in [0.717, 1.165) is 75.2 Å². The normalized spacial score (nSPS) is 18.8. The summed E-state index contributed by atoms with van der Waals surface area (Å²) >= 11 is 0. The molecule has 2 aliphatic rings. The van der Waals surface area contributed by atoms with E-state index in [2.05, 4.69) is 38.9 Å². The van der Waals surface area contributed by atoms with Crippen molar-refractivity contribution < 1.29 is 4.74 Å². The number of likely N-dealkylation sites (N-methyl/N-ethyl adjacent to an activating group) is 1. The van der Waals surface area contributed by atoms with E-state index in [4.69, 9.17) is 14.7 Å². The fraction of sp³-hybridized carbons (Fsp3) is 0.450. The summed E-state index contributed by atoms with van der Waals surface area (Å²) in [4.78, 5) is 21.3. The van der Waals surface area contributed by atoms with E-state index in [9.17, 15) is 0 Å². The number of fused-ring (bicyclic) bond motifs is 1. The molecule has 146 valence electrons. The number of para-hydroxylation sites is 2. The van der Waals surface area contributed by atoms with Gasteiger partial charge < -0.3 is 19.4 Å². The zero-order chi connectivity index (χ0) is 18.9. The lowest BCUT2D eigenvalue weighted by atomic mass is 10.3. The van der Waals surface area contributed by atoms with E-state index in [1.165, 1.54) is 0 Å². The number of hydrogen-bond acceptors (Lipinski definition) is 7. The van der Waals surface area contributed by atoms with Crippen LogP contribution in [0.25, 0.3) is 17.0 Å². The van der Waals surface area contributed by atoms with Crippen molar-refractivity contribution in [3.05, 3.63) is 36.7 Å². The number of imidazole rings is 1. The predicted molar refractivity (Wildman–Crippen MR) is 109 cm³/mol. The third-order valence-electron chi connectivity index (χ3n) is 5.52. The lowest BCUT2D eigenvalue weighted by molar-refractivity contribution is 0.122. The van der Waals surface area contributed by atoms with Gasteiger partial charge in [0.2, 0.25) is 5.95 Å². The lowest BCUT2D eigenvalue weighted by Crippen LogP contribution is -2.45. The highest BCUT2D eigenvalue weighted by molar-refractivity contribution is 5.76. The SMILES string of the molecule is CN1CCN(c2cc(N3CCOCC3)nc(-n3cnc4ccccc43)n2)CC1. The molecule has 1 aromatic carbocycles. The molecule has 3 aromatic rings. The summed E-state index contributed by atoms with van der Waals surface area (Å²) in [5, 5.41) is 0. The van der Waals surface area contributed by atoms with Gasteiger partial charge in [-0.25, -0.2) is 4.98 Å². The Hall–Kier alpha value is -2.71. The number of nitrogens with zero attached hydrogens (tertiary/aromatic N) is 7. The van der Waals surface area contributed by atoms with Crippen LogP contribution in [0.5, 0.6) is 0 Å². The maximum atomic E-state index is 5.52. The van der Waals surface area contributed by atoms with Crippen molar-refractivity contribution >= 4 is 22.7 Å². The Morgan fingerprint density at radius 2 is 1.54 bits per heavy atom. The van der Waals surface area contributed by atoms with E-state index in [0.29, 0.717) is 5.95 Å². The van der Waals surface area contributed by atoms with Gasteiger partial charge in [0.25, 0.3) is 0 Å². The molecule has 8 heteroatoms. The molecule has 2 fully saturated rings. The highest BCUT2D eigenvalue weighted by Gasteiger charge is 2.21. The molecule has 8 nitrogen and oxygen atoms in total. The highest BCUT2D eigenvalue weighted by atomic mass is 16.5. The van der Waals surface area contributed by atoms with E-state index in [-0.39, 0.29) is 0 Å². The number of aromatic nitrogens is 4. The molecule has 2 aromatic heterocycles. The Morgan fingerprint density at radius 3 is 2.29 bits per heavy atom. The Kier molecular flexibility index (Phi) is 4.58. The van der Waals surface area contributed by atoms with Crippen molar-refractivity contribution in [3.8, 4) is 5.95 Å². The van der Waals surface area contributed by atoms with Crippen molar-refractivity contribution in [1.29, 1.82) is 0 Å². The summed E-state index contributed by atoms with van der Waals surface area (Å²) in [5.41, 5.74) is 1.97. The molecule has 0 spiro atoms. The number of rotatable bonds is 3. The number of anilines is 2. The molecule has 0 amide bonds. The number of morpholine rings is 1. The zero-order valence-corrected chi connectivity index (χ0v) is 16.2. The molecule has 0 radical (unpaired) electrons. The van der Waals surface area contributed by atoms with Crippen molar-refractivity contribution in [3.63, 3.8) is 0 Å². The summed E-state index contributed by atoms with van der Waals surface area (Å²) in [5.74, 6) is 2.61. The first-order valence-electron chi connectivity index (χ1n) is 9.86. The summed E-state index contributed by atoms with van der Waals surface area (Å²) in [6.07, 6.45) is 1.82. The first-order valence-corrected chi connectivity index (χ1v) is 9.86. The topological polar surface area (TPSA) is 62.6 Å². The van der Waals surface area contributed by atoms with E-state index >= 15 is 0 Å². The van der Waals surface area contributed by atoms with E-state index in [1.54, 1.807) is 0 Å². The smallest absolute Gasteiger partial charge is 0.239 e. The number of benzene rings is 1. The minimum atomic E-state index is 0.673. The Labute approximate surface area is 164 Å². The van der Waals surface area contributed by atoms with Gasteiger partial charge >= 0.3 is 0 Å².